The minimum absolute atomic E-state index is 0.217. The molecule has 80 valence electrons. The van der Waals surface area contributed by atoms with Crippen molar-refractivity contribution in [2.75, 3.05) is 19.7 Å². The first kappa shape index (κ1) is 13.4. The fourth-order valence-corrected chi connectivity index (χ4v) is 0.955. The zero-order valence-corrected chi connectivity index (χ0v) is 9.76. The summed E-state index contributed by atoms with van der Waals surface area (Å²) in [6.45, 7) is 5.45. The molecule has 0 spiro atoms. The molecule has 4 heteroatoms. The van der Waals surface area contributed by atoms with Crippen LogP contribution in [0.25, 0.3) is 0 Å². The van der Waals surface area contributed by atoms with E-state index in [4.69, 9.17) is 10.8 Å². The summed E-state index contributed by atoms with van der Waals surface area (Å²) in [5.74, 6) is 0. The van der Waals surface area contributed by atoms with Crippen molar-refractivity contribution in [2.24, 2.45) is 5.73 Å². The highest BCUT2D eigenvalue weighted by Crippen LogP contribution is 1.99. The number of halogens is 1. The highest BCUT2D eigenvalue weighted by atomic mass is 79.9. The predicted octanol–water partition coefficient (Wildman–Crippen LogP) is 1.27. The predicted molar refractivity (Wildman–Crippen MR) is 64.0 cm³/mol. The lowest BCUT2D eigenvalue weighted by atomic mass is 10.2. The second-order valence-corrected chi connectivity index (χ2v) is 3.67. The lowest BCUT2D eigenvalue weighted by Crippen LogP contribution is -2.18. The maximum absolute atomic E-state index is 8.56. The number of allylic oxidation sites excluding steroid dienone is 2. The van der Waals surface area contributed by atoms with Crippen molar-refractivity contribution in [3.8, 4) is 0 Å². The Hall–Kier alpha value is -0.580. The molecule has 0 unspecified atom stereocenters. The molecule has 0 aromatic carbocycles. The van der Waals surface area contributed by atoms with E-state index in [9.17, 15) is 0 Å². The molecule has 0 bridgehead atoms. The van der Waals surface area contributed by atoms with Gasteiger partial charge in [-0.3, -0.25) is 0 Å². The van der Waals surface area contributed by atoms with Crippen molar-refractivity contribution in [1.29, 1.82) is 0 Å². The van der Waals surface area contributed by atoms with Gasteiger partial charge in [0.25, 0.3) is 0 Å². The fraction of sp³-hybridized carbons (Fsp3) is 0.400. The Morgan fingerprint density at radius 3 is 2.71 bits per heavy atom. The average Bonchev–Trinajstić information content (AvgIpc) is 2.16. The number of nitrogens with one attached hydrogen (secondary N) is 1. The van der Waals surface area contributed by atoms with Crippen LogP contribution < -0.4 is 11.1 Å². The number of aliphatic hydroxyl groups excluding tert-OH is 1. The van der Waals surface area contributed by atoms with Crippen LogP contribution in [0.5, 0.6) is 0 Å². The number of rotatable bonds is 7. The summed E-state index contributed by atoms with van der Waals surface area (Å²) in [6.07, 6.45) is 6.20. The Balaban J connectivity index is 3.85. The van der Waals surface area contributed by atoms with E-state index in [0.29, 0.717) is 4.61 Å². The Morgan fingerprint density at radius 2 is 2.21 bits per heavy atom. The molecular formula is C10H17BrN2O. The van der Waals surface area contributed by atoms with Crippen LogP contribution in [-0.4, -0.2) is 24.8 Å². The number of nitrogens with two attached hydrogens (primary N) is 1. The molecular weight excluding hydrogens is 244 g/mol. The molecule has 14 heavy (non-hydrogen) atoms. The van der Waals surface area contributed by atoms with Crippen molar-refractivity contribution in [3.05, 3.63) is 35.0 Å². The van der Waals surface area contributed by atoms with E-state index in [0.717, 1.165) is 25.1 Å². The van der Waals surface area contributed by atoms with Gasteiger partial charge in [-0.15, -0.1) is 0 Å². The molecule has 0 radical (unpaired) electrons. The van der Waals surface area contributed by atoms with Crippen molar-refractivity contribution in [2.45, 2.75) is 6.42 Å². The van der Waals surface area contributed by atoms with Gasteiger partial charge in [0.15, 0.2) is 0 Å². The van der Waals surface area contributed by atoms with Crippen molar-refractivity contribution in [1.82, 2.24) is 5.32 Å². The zero-order chi connectivity index (χ0) is 10.8. The van der Waals surface area contributed by atoms with Gasteiger partial charge in [-0.2, -0.15) is 0 Å². The van der Waals surface area contributed by atoms with Gasteiger partial charge in [0, 0.05) is 13.2 Å². The normalized spacial score (nSPS) is 13.0. The van der Waals surface area contributed by atoms with Crippen LogP contribution in [0.1, 0.15) is 6.42 Å². The highest BCUT2D eigenvalue weighted by Gasteiger charge is 1.90. The van der Waals surface area contributed by atoms with Crippen LogP contribution in [0.4, 0.5) is 0 Å². The maximum Gasteiger partial charge on any atom is 0.0754 e. The van der Waals surface area contributed by atoms with Gasteiger partial charge in [0.1, 0.15) is 0 Å². The second kappa shape index (κ2) is 8.99. The molecule has 0 atom stereocenters. The van der Waals surface area contributed by atoms with E-state index < -0.39 is 0 Å². The SMILES string of the molecule is C=C/C(=C\C=C(/N)Br)CNCCCO. The lowest BCUT2D eigenvalue weighted by molar-refractivity contribution is 0.287. The van der Waals surface area contributed by atoms with Gasteiger partial charge in [-0.1, -0.05) is 18.7 Å². The third-order valence-corrected chi connectivity index (χ3v) is 1.82. The van der Waals surface area contributed by atoms with E-state index in [1.165, 1.54) is 0 Å². The number of hydrogen-bond donors (Lipinski definition) is 3. The van der Waals surface area contributed by atoms with Gasteiger partial charge in [0.2, 0.25) is 0 Å². The molecule has 0 amide bonds. The Morgan fingerprint density at radius 1 is 1.50 bits per heavy atom. The Bertz CT molecular complexity index is 220. The molecule has 0 aliphatic rings. The van der Waals surface area contributed by atoms with Crippen LogP contribution in [-0.2, 0) is 0 Å². The summed E-state index contributed by atoms with van der Waals surface area (Å²) in [5.41, 5.74) is 6.48. The number of aliphatic hydroxyl groups is 1. The van der Waals surface area contributed by atoms with E-state index in [-0.39, 0.29) is 6.61 Å². The van der Waals surface area contributed by atoms with Gasteiger partial charge in [0.05, 0.1) is 4.61 Å². The van der Waals surface area contributed by atoms with E-state index in [1.54, 1.807) is 12.2 Å². The zero-order valence-electron chi connectivity index (χ0n) is 8.17. The average molecular weight is 261 g/mol. The van der Waals surface area contributed by atoms with Gasteiger partial charge in [-0.05, 0) is 40.5 Å². The summed E-state index contributed by atoms with van der Waals surface area (Å²) < 4.78 is 0.590. The van der Waals surface area contributed by atoms with Crippen LogP contribution in [0.3, 0.4) is 0 Å². The molecule has 3 nitrogen and oxygen atoms in total. The summed E-state index contributed by atoms with van der Waals surface area (Å²) in [6, 6.07) is 0. The summed E-state index contributed by atoms with van der Waals surface area (Å²) in [5, 5.41) is 11.7. The van der Waals surface area contributed by atoms with Gasteiger partial charge < -0.3 is 16.2 Å². The molecule has 0 aromatic heterocycles. The van der Waals surface area contributed by atoms with Crippen LogP contribution in [0, 0.1) is 0 Å². The molecule has 0 aliphatic carbocycles. The summed E-state index contributed by atoms with van der Waals surface area (Å²) in [7, 11) is 0. The monoisotopic (exact) mass is 260 g/mol. The van der Waals surface area contributed by atoms with Crippen LogP contribution in [0.15, 0.2) is 35.0 Å². The van der Waals surface area contributed by atoms with Crippen LogP contribution >= 0.6 is 15.9 Å². The Labute approximate surface area is 93.5 Å². The third kappa shape index (κ3) is 8.04. The van der Waals surface area contributed by atoms with E-state index >= 15 is 0 Å². The fourth-order valence-electron chi connectivity index (χ4n) is 0.823. The molecule has 0 fully saturated rings. The molecule has 0 aliphatic heterocycles. The first-order valence-corrected chi connectivity index (χ1v) is 5.26. The van der Waals surface area contributed by atoms with Gasteiger partial charge in [-0.25, -0.2) is 0 Å². The minimum atomic E-state index is 0.217. The van der Waals surface area contributed by atoms with E-state index in [2.05, 4.69) is 27.8 Å². The lowest BCUT2D eigenvalue weighted by Gasteiger charge is -2.03. The molecule has 0 aromatic rings. The van der Waals surface area contributed by atoms with Crippen molar-refractivity contribution >= 4 is 15.9 Å². The quantitative estimate of drug-likeness (QED) is 0.367. The largest absolute Gasteiger partial charge is 0.396 e. The van der Waals surface area contributed by atoms with Crippen molar-refractivity contribution < 1.29 is 5.11 Å². The maximum atomic E-state index is 8.56. The molecule has 0 saturated carbocycles. The highest BCUT2D eigenvalue weighted by molar-refractivity contribution is 9.11. The van der Waals surface area contributed by atoms with Crippen molar-refractivity contribution in [3.63, 3.8) is 0 Å². The molecule has 0 heterocycles. The molecule has 4 N–H and O–H groups in total. The number of hydrogen-bond acceptors (Lipinski definition) is 3. The summed E-state index contributed by atoms with van der Waals surface area (Å²) in [4.78, 5) is 0. The van der Waals surface area contributed by atoms with Crippen LogP contribution in [0.2, 0.25) is 0 Å². The summed E-state index contributed by atoms with van der Waals surface area (Å²) >= 11 is 3.13. The topological polar surface area (TPSA) is 58.3 Å². The minimum Gasteiger partial charge on any atom is -0.396 e. The first-order chi connectivity index (χ1) is 6.70. The third-order valence-electron chi connectivity index (χ3n) is 1.56. The standard InChI is InChI=1S/C10H17BrN2O/c1-2-9(4-5-10(11)12)8-13-6-3-7-14/h2,4-5,13-14H,1,3,6-8,12H2/b9-4+,10-5-. The molecule has 0 rings (SSSR count). The van der Waals surface area contributed by atoms with E-state index in [1.807, 2.05) is 6.08 Å². The molecule has 0 saturated heterocycles. The van der Waals surface area contributed by atoms with Gasteiger partial charge >= 0.3 is 0 Å². The Kier molecular flexibility index (Phi) is 8.62. The second-order valence-electron chi connectivity index (χ2n) is 2.75. The first-order valence-electron chi connectivity index (χ1n) is 4.46. The smallest absolute Gasteiger partial charge is 0.0754 e.